The summed E-state index contributed by atoms with van der Waals surface area (Å²) in [6.45, 7) is 6.07. The van der Waals surface area contributed by atoms with E-state index in [4.69, 9.17) is 0 Å². The van der Waals surface area contributed by atoms with E-state index in [-0.39, 0.29) is 24.5 Å². The Morgan fingerprint density at radius 3 is 2.56 bits per heavy atom. The molecule has 0 amide bonds. The number of hydrogen-bond donors (Lipinski definition) is 2. The minimum Gasteiger partial charge on any atom is -0.395 e. The average Bonchev–Trinajstić information content (AvgIpc) is 2.25. The van der Waals surface area contributed by atoms with Crippen molar-refractivity contribution in [3.05, 3.63) is 29.8 Å². The molecule has 1 aromatic rings. The molecule has 1 aromatic heterocycles. The van der Waals surface area contributed by atoms with Crippen molar-refractivity contribution in [1.29, 1.82) is 0 Å². The molecule has 0 aliphatic carbocycles. The summed E-state index contributed by atoms with van der Waals surface area (Å²) >= 11 is 0. The van der Waals surface area contributed by atoms with E-state index >= 15 is 0 Å². The maximum absolute atomic E-state index is 13.0. The van der Waals surface area contributed by atoms with Crippen molar-refractivity contribution in [2.45, 2.75) is 32.9 Å². The van der Waals surface area contributed by atoms with Crippen LogP contribution in [0.25, 0.3) is 0 Å². The fraction of sp³-hybridized carbons (Fsp3) is 0.583. The Bertz CT molecular complexity index is 331. The Morgan fingerprint density at radius 1 is 1.38 bits per heavy atom. The van der Waals surface area contributed by atoms with Crippen molar-refractivity contribution in [2.24, 2.45) is 5.92 Å². The summed E-state index contributed by atoms with van der Waals surface area (Å²) < 4.78 is 13.0. The Morgan fingerprint density at radius 2 is 2.06 bits per heavy atom. The molecular weight excluding hydrogens is 207 g/mol. The minimum atomic E-state index is -0.337. The molecule has 0 unspecified atom stereocenters. The van der Waals surface area contributed by atoms with Crippen LogP contribution in [0.4, 0.5) is 4.39 Å². The fourth-order valence-electron chi connectivity index (χ4n) is 1.54. The van der Waals surface area contributed by atoms with Gasteiger partial charge in [-0.15, -0.1) is 0 Å². The Labute approximate surface area is 95.7 Å². The standard InChI is InChI=1S/C12H19FN2O/c1-8(2)12(7-16)15-9(3)10-4-11(13)6-14-5-10/h4-6,8-9,12,15-16H,7H2,1-3H3/t9-,12-/m1/s1. The van der Waals surface area contributed by atoms with Crippen LogP contribution in [0.5, 0.6) is 0 Å². The van der Waals surface area contributed by atoms with Crippen LogP contribution >= 0.6 is 0 Å². The second kappa shape index (κ2) is 5.92. The molecule has 3 nitrogen and oxygen atoms in total. The van der Waals surface area contributed by atoms with E-state index in [1.807, 2.05) is 20.8 Å². The summed E-state index contributed by atoms with van der Waals surface area (Å²) in [4.78, 5) is 3.81. The number of halogens is 1. The Kier molecular flexibility index (Phi) is 4.83. The third-order valence-electron chi connectivity index (χ3n) is 2.69. The van der Waals surface area contributed by atoms with Crippen molar-refractivity contribution >= 4 is 0 Å². The number of aliphatic hydroxyl groups excluding tert-OH is 1. The first kappa shape index (κ1) is 13.1. The van der Waals surface area contributed by atoms with E-state index in [0.717, 1.165) is 5.56 Å². The molecule has 1 heterocycles. The van der Waals surface area contributed by atoms with Gasteiger partial charge in [-0.1, -0.05) is 13.8 Å². The molecule has 0 aliphatic rings. The third-order valence-corrected chi connectivity index (χ3v) is 2.69. The Hall–Kier alpha value is -1.00. The van der Waals surface area contributed by atoms with Crippen molar-refractivity contribution < 1.29 is 9.50 Å². The highest BCUT2D eigenvalue weighted by atomic mass is 19.1. The lowest BCUT2D eigenvalue weighted by molar-refractivity contribution is 0.201. The predicted molar refractivity (Wildman–Crippen MR) is 61.5 cm³/mol. The molecule has 2 atom stereocenters. The van der Waals surface area contributed by atoms with Gasteiger partial charge in [-0.05, 0) is 24.5 Å². The summed E-state index contributed by atoms with van der Waals surface area (Å²) in [5.41, 5.74) is 0.791. The molecule has 0 fully saturated rings. The van der Waals surface area contributed by atoms with Gasteiger partial charge in [0.25, 0.3) is 0 Å². The van der Waals surface area contributed by atoms with Gasteiger partial charge >= 0.3 is 0 Å². The molecule has 0 aliphatic heterocycles. The first-order valence-electron chi connectivity index (χ1n) is 5.52. The van der Waals surface area contributed by atoms with Crippen LogP contribution in [0.15, 0.2) is 18.5 Å². The molecule has 0 aromatic carbocycles. The summed E-state index contributed by atoms with van der Waals surface area (Å²) in [7, 11) is 0. The maximum Gasteiger partial charge on any atom is 0.141 e. The normalized spacial score (nSPS) is 15.1. The highest BCUT2D eigenvalue weighted by Crippen LogP contribution is 2.14. The van der Waals surface area contributed by atoms with Gasteiger partial charge < -0.3 is 10.4 Å². The zero-order valence-electron chi connectivity index (χ0n) is 9.94. The number of rotatable bonds is 5. The van der Waals surface area contributed by atoms with Crippen LogP contribution in [-0.2, 0) is 0 Å². The number of nitrogens with one attached hydrogen (secondary N) is 1. The average molecular weight is 226 g/mol. The molecule has 0 saturated carbocycles. The highest BCUT2D eigenvalue weighted by Gasteiger charge is 2.16. The van der Waals surface area contributed by atoms with Crippen molar-refractivity contribution in [3.8, 4) is 0 Å². The van der Waals surface area contributed by atoms with Crippen LogP contribution in [-0.4, -0.2) is 22.7 Å². The molecule has 90 valence electrons. The number of hydrogen-bond acceptors (Lipinski definition) is 3. The lowest BCUT2D eigenvalue weighted by atomic mass is 10.0. The van der Waals surface area contributed by atoms with Gasteiger partial charge in [0, 0.05) is 18.3 Å². The second-order valence-corrected chi connectivity index (χ2v) is 4.36. The van der Waals surface area contributed by atoms with E-state index in [1.165, 1.54) is 12.3 Å². The van der Waals surface area contributed by atoms with E-state index in [9.17, 15) is 9.50 Å². The molecule has 16 heavy (non-hydrogen) atoms. The smallest absolute Gasteiger partial charge is 0.141 e. The van der Waals surface area contributed by atoms with E-state index in [2.05, 4.69) is 10.3 Å². The fourth-order valence-corrected chi connectivity index (χ4v) is 1.54. The zero-order valence-corrected chi connectivity index (χ0v) is 9.94. The summed E-state index contributed by atoms with van der Waals surface area (Å²) in [5, 5.41) is 12.4. The minimum absolute atomic E-state index is 0.0123. The van der Waals surface area contributed by atoms with E-state index in [1.54, 1.807) is 6.20 Å². The van der Waals surface area contributed by atoms with Gasteiger partial charge in [0.1, 0.15) is 5.82 Å². The van der Waals surface area contributed by atoms with E-state index in [0.29, 0.717) is 5.92 Å². The number of aliphatic hydroxyl groups is 1. The first-order valence-corrected chi connectivity index (χ1v) is 5.52. The second-order valence-electron chi connectivity index (χ2n) is 4.36. The molecule has 0 saturated heterocycles. The molecule has 1 rings (SSSR count). The quantitative estimate of drug-likeness (QED) is 0.806. The van der Waals surface area contributed by atoms with Gasteiger partial charge in [0.2, 0.25) is 0 Å². The third kappa shape index (κ3) is 3.54. The van der Waals surface area contributed by atoms with Crippen LogP contribution < -0.4 is 5.32 Å². The van der Waals surface area contributed by atoms with E-state index < -0.39 is 0 Å². The Balaban J connectivity index is 2.67. The largest absolute Gasteiger partial charge is 0.395 e. The lowest BCUT2D eigenvalue weighted by Gasteiger charge is -2.24. The van der Waals surface area contributed by atoms with Crippen molar-refractivity contribution in [2.75, 3.05) is 6.61 Å². The highest BCUT2D eigenvalue weighted by molar-refractivity contribution is 5.14. The number of nitrogens with zero attached hydrogens (tertiary/aromatic N) is 1. The summed E-state index contributed by atoms with van der Waals surface area (Å²) in [6, 6.07) is 1.44. The van der Waals surface area contributed by atoms with Gasteiger partial charge in [-0.3, -0.25) is 4.98 Å². The SMILES string of the molecule is CC(C)[C@@H](CO)N[C@H](C)c1cncc(F)c1. The zero-order chi connectivity index (χ0) is 12.1. The molecule has 4 heteroatoms. The number of aromatic nitrogens is 1. The topological polar surface area (TPSA) is 45.1 Å². The van der Waals surface area contributed by atoms with Crippen molar-refractivity contribution in [1.82, 2.24) is 10.3 Å². The van der Waals surface area contributed by atoms with Crippen LogP contribution in [0.3, 0.4) is 0 Å². The van der Waals surface area contributed by atoms with Gasteiger partial charge in [-0.25, -0.2) is 4.39 Å². The molecular formula is C12H19FN2O. The maximum atomic E-state index is 13.0. The van der Waals surface area contributed by atoms with Crippen molar-refractivity contribution in [3.63, 3.8) is 0 Å². The van der Waals surface area contributed by atoms with Crippen LogP contribution in [0.1, 0.15) is 32.4 Å². The first-order chi connectivity index (χ1) is 7.54. The summed E-state index contributed by atoms with van der Waals surface area (Å²) in [5.74, 6) is -0.00906. The molecule has 2 N–H and O–H groups in total. The molecule has 0 bridgehead atoms. The predicted octanol–water partition coefficient (Wildman–Crippen LogP) is 1.89. The molecule has 0 radical (unpaired) electrons. The monoisotopic (exact) mass is 226 g/mol. The molecule has 0 spiro atoms. The number of pyridine rings is 1. The van der Waals surface area contributed by atoms with Gasteiger partial charge in [0.05, 0.1) is 12.8 Å². The van der Waals surface area contributed by atoms with Gasteiger partial charge in [-0.2, -0.15) is 0 Å². The lowest BCUT2D eigenvalue weighted by Crippen LogP contribution is -2.38. The van der Waals surface area contributed by atoms with Crippen LogP contribution in [0, 0.1) is 11.7 Å². The van der Waals surface area contributed by atoms with Crippen LogP contribution in [0.2, 0.25) is 0 Å². The summed E-state index contributed by atoms with van der Waals surface area (Å²) in [6.07, 6.45) is 2.82. The van der Waals surface area contributed by atoms with Gasteiger partial charge in [0.15, 0.2) is 0 Å².